The van der Waals surface area contributed by atoms with Gasteiger partial charge in [-0.2, -0.15) is 0 Å². The molecule has 3 aromatic rings. The number of hydrogen-bond donors (Lipinski definition) is 2. The number of imidazole rings is 1. The first kappa shape index (κ1) is 14.0. The SMILES string of the molecule is Cc1[nH]c(-c2ccccc2)nc1C(=O)Nc1ccc(F)cc1. The fraction of sp³-hybridized carbons (Fsp3) is 0.0588. The molecule has 1 aromatic heterocycles. The van der Waals surface area contributed by atoms with Crippen LogP contribution in [-0.4, -0.2) is 15.9 Å². The van der Waals surface area contributed by atoms with E-state index in [4.69, 9.17) is 0 Å². The van der Waals surface area contributed by atoms with Gasteiger partial charge in [-0.05, 0) is 31.2 Å². The minimum Gasteiger partial charge on any atom is -0.341 e. The number of aromatic nitrogens is 2. The van der Waals surface area contributed by atoms with Crippen molar-refractivity contribution in [2.24, 2.45) is 0 Å². The summed E-state index contributed by atoms with van der Waals surface area (Å²) in [7, 11) is 0. The quantitative estimate of drug-likeness (QED) is 0.772. The number of nitrogens with one attached hydrogen (secondary N) is 2. The fourth-order valence-corrected chi connectivity index (χ4v) is 2.14. The van der Waals surface area contributed by atoms with Crippen molar-refractivity contribution in [1.29, 1.82) is 0 Å². The molecule has 0 spiro atoms. The zero-order chi connectivity index (χ0) is 15.5. The second-order valence-corrected chi connectivity index (χ2v) is 4.89. The molecule has 2 N–H and O–H groups in total. The highest BCUT2D eigenvalue weighted by Crippen LogP contribution is 2.18. The number of halogens is 1. The van der Waals surface area contributed by atoms with E-state index in [-0.39, 0.29) is 11.7 Å². The third kappa shape index (κ3) is 2.88. The van der Waals surface area contributed by atoms with Gasteiger partial charge in [0.25, 0.3) is 5.91 Å². The molecule has 1 heterocycles. The van der Waals surface area contributed by atoms with Crippen molar-refractivity contribution >= 4 is 11.6 Å². The van der Waals surface area contributed by atoms with Crippen LogP contribution in [0.2, 0.25) is 0 Å². The fourth-order valence-electron chi connectivity index (χ4n) is 2.14. The van der Waals surface area contributed by atoms with E-state index in [9.17, 15) is 9.18 Å². The van der Waals surface area contributed by atoms with Crippen molar-refractivity contribution < 1.29 is 9.18 Å². The van der Waals surface area contributed by atoms with E-state index in [0.717, 1.165) is 5.56 Å². The van der Waals surface area contributed by atoms with Gasteiger partial charge in [-0.25, -0.2) is 9.37 Å². The van der Waals surface area contributed by atoms with Crippen molar-refractivity contribution in [3.05, 3.63) is 71.8 Å². The van der Waals surface area contributed by atoms with E-state index in [0.29, 0.717) is 22.9 Å². The molecule has 0 unspecified atom stereocenters. The molecule has 110 valence electrons. The van der Waals surface area contributed by atoms with Crippen LogP contribution in [0.1, 0.15) is 16.2 Å². The van der Waals surface area contributed by atoms with E-state index >= 15 is 0 Å². The van der Waals surface area contributed by atoms with Crippen LogP contribution in [0.25, 0.3) is 11.4 Å². The summed E-state index contributed by atoms with van der Waals surface area (Å²) < 4.78 is 12.9. The van der Waals surface area contributed by atoms with Crippen molar-refractivity contribution in [3.8, 4) is 11.4 Å². The van der Waals surface area contributed by atoms with E-state index < -0.39 is 0 Å². The van der Waals surface area contributed by atoms with Crippen LogP contribution in [0.5, 0.6) is 0 Å². The smallest absolute Gasteiger partial charge is 0.276 e. The Morgan fingerprint density at radius 1 is 1.09 bits per heavy atom. The number of anilines is 1. The molecule has 5 heteroatoms. The summed E-state index contributed by atoms with van der Waals surface area (Å²) in [4.78, 5) is 19.7. The van der Waals surface area contributed by atoms with Gasteiger partial charge >= 0.3 is 0 Å². The molecule has 0 saturated carbocycles. The molecule has 0 aliphatic rings. The van der Waals surface area contributed by atoms with E-state index in [2.05, 4.69) is 15.3 Å². The average Bonchev–Trinajstić information content (AvgIpc) is 2.92. The predicted octanol–water partition coefficient (Wildman–Crippen LogP) is 3.78. The molecule has 0 aliphatic carbocycles. The number of aromatic amines is 1. The van der Waals surface area contributed by atoms with Gasteiger partial charge in [0.1, 0.15) is 17.3 Å². The Balaban J connectivity index is 1.84. The first-order valence-corrected chi connectivity index (χ1v) is 6.82. The molecule has 0 radical (unpaired) electrons. The molecule has 4 nitrogen and oxygen atoms in total. The van der Waals surface area contributed by atoms with Crippen LogP contribution in [0.4, 0.5) is 10.1 Å². The molecule has 0 fully saturated rings. The summed E-state index contributed by atoms with van der Waals surface area (Å²) in [6, 6.07) is 15.2. The third-order valence-corrected chi connectivity index (χ3v) is 3.25. The standard InChI is InChI=1S/C17H14FN3O/c1-11-15(17(22)20-14-9-7-13(18)8-10-14)21-16(19-11)12-5-3-2-4-6-12/h2-10H,1H3,(H,19,21)(H,20,22). The molecule has 2 aromatic carbocycles. The topological polar surface area (TPSA) is 57.8 Å². The number of amides is 1. The normalized spacial score (nSPS) is 10.5. The van der Waals surface area contributed by atoms with Gasteiger partial charge in [0, 0.05) is 16.9 Å². The molecule has 0 saturated heterocycles. The highest BCUT2D eigenvalue weighted by molar-refractivity contribution is 6.04. The lowest BCUT2D eigenvalue weighted by molar-refractivity contribution is 0.102. The number of nitrogens with zero attached hydrogens (tertiary/aromatic N) is 1. The second-order valence-electron chi connectivity index (χ2n) is 4.89. The minimum absolute atomic E-state index is 0.322. The Labute approximate surface area is 127 Å². The number of hydrogen-bond acceptors (Lipinski definition) is 2. The van der Waals surface area contributed by atoms with Crippen molar-refractivity contribution in [2.75, 3.05) is 5.32 Å². The maximum absolute atomic E-state index is 12.9. The Hall–Kier alpha value is -2.95. The van der Waals surface area contributed by atoms with E-state index in [1.807, 2.05) is 30.3 Å². The molecule has 3 rings (SSSR count). The Kier molecular flexibility index (Phi) is 3.70. The van der Waals surface area contributed by atoms with Gasteiger partial charge in [-0.1, -0.05) is 30.3 Å². The summed E-state index contributed by atoms with van der Waals surface area (Å²) in [5, 5.41) is 2.70. The number of benzene rings is 2. The zero-order valence-electron chi connectivity index (χ0n) is 11.9. The Morgan fingerprint density at radius 3 is 2.45 bits per heavy atom. The largest absolute Gasteiger partial charge is 0.341 e. The summed E-state index contributed by atoms with van der Waals surface area (Å²) in [5.74, 6) is -0.0368. The van der Waals surface area contributed by atoms with Gasteiger partial charge in [0.2, 0.25) is 0 Å². The predicted molar refractivity (Wildman–Crippen MR) is 83.1 cm³/mol. The number of H-pyrrole nitrogens is 1. The van der Waals surface area contributed by atoms with Crippen LogP contribution < -0.4 is 5.32 Å². The lowest BCUT2D eigenvalue weighted by Gasteiger charge is -2.03. The number of aryl methyl sites for hydroxylation is 1. The monoisotopic (exact) mass is 295 g/mol. The highest BCUT2D eigenvalue weighted by Gasteiger charge is 2.15. The van der Waals surface area contributed by atoms with E-state index in [1.165, 1.54) is 24.3 Å². The molecular formula is C17H14FN3O. The van der Waals surface area contributed by atoms with Crippen LogP contribution >= 0.6 is 0 Å². The van der Waals surface area contributed by atoms with Gasteiger partial charge in [0.05, 0.1) is 0 Å². The lowest BCUT2D eigenvalue weighted by atomic mass is 10.2. The number of carbonyl (C=O) groups excluding carboxylic acids is 1. The van der Waals surface area contributed by atoms with Gasteiger partial charge < -0.3 is 10.3 Å². The first-order valence-electron chi connectivity index (χ1n) is 6.82. The Bertz CT molecular complexity index is 795. The zero-order valence-corrected chi connectivity index (χ0v) is 11.9. The summed E-state index contributed by atoms with van der Waals surface area (Å²) in [6.07, 6.45) is 0. The van der Waals surface area contributed by atoms with Gasteiger partial charge in [-0.15, -0.1) is 0 Å². The summed E-state index contributed by atoms with van der Waals surface area (Å²) in [6.45, 7) is 1.79. The molecule has 22 heavy (non-hydrogen) atoms. The van der Waals surface area contributed by atoms with Crippen LogP contribution in [-0.2, 0) is 0 Å². The average molecular weight is 295 g/mol. The highest BCUT2D eigenvalue weighted by atomic mass is 19.1. The van der Waals surface area contributed by atoms with Crippen LogP contribution in [0.15, 0.2) is 54.6 Å². The molecule has 0 atom stereocenters. The number of carbonyl (C=O) groups is 1. The van der Waals surface area contributed by atoms with Crippen molar-refractivity contribution in [2.45, 2.75) is 6.92 Å². The summed E-state index contributed by atoms with van der Waals surface area (Å²) >= 11 is 0. The van der Waals surface area contributed by atoms with Gasteiger partial charge in [0.15, 0.2) is 0 Å². The molecule has 0 aliphatic heterocycles. The molecule has 1 amide bonds. The number of rotatable bonds is 3. The lowest BCUT2D eigenvalue weighted by Crippen LogP contribution is -2.13. The summed E-state index contributed by atoms with van der Waals surface area (Å²) in [5.41, 5.74) is 2.43. The van der Waals surface area contributed by atoms with Crippen molar-refractivity contribution in [3.63, 3.8) is 0 Å². The third-order valence-electron chi connectivity index (χ3n) is 3.25. The second kappa shape index (κ2) is 5.81. The molecular weight excluding hydrogens is 281 g/mol. The minimum atomic E-state index is -0.347. The maximum Gasteiger partial charge on any atom is 0.276 e. The van der Waals surface area contributed by atoms with Crippen molar-refractivity contribution in [1.82, 2.24) is 9.97 Å². The maximum atomic E-state index is 12.9. The van der Waals surface area contributed by atoms with E-state index in [1.54, 1.807) is 6.92 Å². The first-order chi connectivity index (χ1) is 10.6. The van der Waals surface area contributed by atoms with Crippen LogP contribution in [0, 0.1) is 12.7 Å². The molecule has 0 bridgehead atoms. The van der Waals surface area contributed by atoms with Gasteiger partial charge in [-0.3, -0.25) is 4.79 Å². The Morgan fingerprint density at radius 2 is 1.77 bits per heavy atom. The van der Waals surface area contributed by atoms with Crippen LogP contribution in [0.3, 0.4) is 0 Å².